The summed E-state index contributed by atoms with van der Waals surface area (Å²) in [5.41, 5.74) is -1.82. The largest absolute Gasteiger partial charge is 0.458 e. The lowest BCUT2D eigenvalue weighted by molar-refractivity contribution is -0.329. The topological polar surface area (TPSA) is 283 Å². The molecule has 22 nitrogen and oxygen atoms in total. The number of esters is 1. The first-order valence-electron chi connectivity index (χ1n) is 24.6. The summed E-state index contributed by atoms with van der Waals surface area (Å²) >= 11 is 0. The fourth-order valence-corrected chi connectivity index (χ4v) is 10.6. The predicted octanol–water partition coefficient (Wildman–Crippen LogP) is 0.669. The Morgan fingerprint density at radius 1 is 0.882 bits per heavy atom. The van der Waals surface area contributed by atoms with E-state index in [-0.39, 0.29) is 54.8 Å². The fourth-order valence-electron chi connectivity index (χ4n) is 10.6. The molecule has 0 saturated carbocycles. The number of rotatable bonds is 10. The van der Waals surface area contributed by atoms with Crippen LogP contribution < -0.4 is 10.7 Å². The summed E-state index contributed by atoms with van der Waals surface area (Å²) in [6.45, 7) is 15.9. The Morgan fingerprint density at radius 2 is 1.54 bits per heavy atom. The van der Waals surface area contributed by atoms with Crippen molar-refractivity contribution in [1.82, 2.24) is 40.8 Å². The van der Waals surface area contributed by atoms with Crippen molar-refractivity contribution in [3.63, 3.8) is 0 Å². The van der Waals surface area contributed by atoms with Crippen LogP contribution >= 0.6 is 0 Å². The molecule has 0 aromatic carbocycles. The first-order valence-corrected chi connectivity index (χ1v) is 24.6. The zero-order valence-electron chi connectivity index (χ0n) is 41.6. The minimum Gasteiger partial charge on any atom is -0.458 e. The van der Waals surface area contributed by atoms with E-state index in [1.165, 1.54) is 20.8 Å². The van der Waals surface area contributed by atoms with Gasteiger partial charge >= 0.3 is 5.97 Å². The summed E-state index contributed by atoms with van der Waals surface area (Å²) in [7, 11) is 0. The average molecular weight is 967 g/mol. The molecule has 11 atom stereocenters. The standard InChI is InChI=1S/C46H78N8O14/c1-11-21-49-22-14-16-31-38(56)50-23-19-44(9,62)37(50)41(59)54(66)35(27(5)6)42(60)67-36(28(7)8)34(40(58)52-30(15-13-20-47-52)39(57)51(65)25-33(55)53(31)49)48-43(61)45(10,63)46(64)18-17-29(24-26(3)4)32(12-2)68-46/h26-32,34-37,47,62-66H,11-25H2,1-10H3,(H,48,61). The van der Waals surface area contributed by atoms with Crippen molar-refractivity contribution in [1.29, 1.82) is 0 Å². The number of hydrogen-bond acceptors (Lipinski definition) is 16. The van der Waals surface area contributed by atoms with Crippen LogP contribution in [0.3, 0.4) is 0 Å². The molecule has 7 N–H and O–H groups in total. The van der Waals surface area contributed by atoms with Gasteiger partial charge in [-0.2, -0.15) is 0 Å². The Hall–Kier alpha value is -4.03. The van der Waals surface area contributed by atoms with Crippen molar-refractivity contribution in [3.05, 3.63) is 0 Å². The van der Waals surface area contributed by atoms with Crippen LogP contribution in [0.4, 0.5) is 0 Å². The van der Waals surface area contributed by atoms with E-state index in [0.29, 0.717) is 51.1 Å². The van der Waals surface area contributed by atoms with E-state index in [9.17, 15) is 54.5 Å². The highest BCUT2D eigenvalue weighted by atomic mass is 16.6. The van der Waals surface area contributed by atoms with Gasteiger partial charge in [0.15, 0.2) is 11.6 Å². The summed E-state index contributed by atoms with van der Waals surface area (Å²) in [4.78, 5) is 103. The Kier molecular flexibility index (Phi) is 17.7. The molecular weight excluding hydrogens is 889 g/mol. The average Bonchev–Trinajstić information content (AvgIpc) is 3.60. The van der Waals surface area contributed by atoms with Crippen molar-refractivity contribution in [3.8, 4) is 0 Å². The Morgan fingerprint density at radius 3 is 2.15 bits per heavy atom. The summed E-state index contributed by atoms with van der Waals surface area (Å²) in [6, 6.07) is -8.32. The lowest BCUT2D eigenvalue weighted by Gasteiger charge is -2.48. The zero-order valence-corrected chi connectivity index (χ0v) is 41.6. The Labute approximate surface area is 399 Å². The third-order valence-corrected chi connectivity index (χ3v) is 14.4. The van der Waals surface area contributed by atoms with Gasteiger partial charge in [0.25, 0.3) is 29.5 Å². The molecule has 0 spiro atoms. The molecule has 68 heavy (non-hydrogen) atoms. The number of nitrogens with one attached hydrogen (secondary N) is 2. The van der Waals surface area contributed by atoms with E-state index in [0.717, 1.165) is 28.3 Å². The highest BCUT2D eigenvalue weighted by Crippen LogP contribution is 2.42. The van der Waals surface area contributed by atoms with Gasteiger partial charge in [-0.25, -0.2) is 25.4 Å². The second-order valence-electron chi connectivity index (χ2n) is 20.9. The molecule has 0 bridgehead atoms. The maximum atomic E-state index is 15.1. The van der Waals surface area contributed by atoms with Crippen molar-refractivity contribution >= 4 is 41.4 Å². The monoisotopic (exact) mass is 967 g/mol. The number of hydrogen-bond donors (Lipinski definition) is 7. The van der Waals surface area contributed by atoms with Crippen LogP contribution in [0.15, 0.2) is 0 Å². The number of hydrazine groups is 2. The number of fused-ring (bicyclic) bond motifs is 3. The first-order chi connectivity index (χ1) is 31.7. The van der Waals surface area contributed by atoms with Crippen molar-refractivity contribution in [2.75, 3.05) is 32.7 Å². The fraction of sp³-hybridized carbons (Fsp3) is 0.848. The van der Waals surface area contributed by atoms with Gasteiger partial charge in [0.05, 0.1) is 11.7 Å². The smallest absolute Gasteiger partial charge is 0.332 e. The molecule has 5 saturated heterocycles. The SMILES string of the molecule is CCCN1CCCC2C(=O)N3CCC(C)(O)C3C(=O)N(O)C(C(C)C)C(=O)OC(C(C)C)C(NC(=O)C(C)(O)C3(O)CCC(CC(C)C)C(CC)O3)C(=O)N3NCCCC3C(=O)N(O)CC(=O)N21. The molecule has 5 rings (SSSR count). The Bertz CT molecular complexity index is 1860. The minimum absolute atomic E-state index is 0.0180. The quantitative estimate of drug-likeness (QED) is 0.117. The molecule has 5 aliphatic heterocycles. The molecule has 6 amide bonds. The number of nitrogens with zero attached hydrogens (tertiary/aromatic N) is 6. The maximum absolute atomic E-state index is 15.1. The lowest BCUT2D eigenvalue weighted by Crippen LogP contribution is -2.70. The molecule has 5 heterocycles. The van der Waals surface area contributed by atoms with Crippen LogP contribution in [-0.2, 0) is 43.0 Å². The van der Waals surface area contributed by atoms with Gasteiger partial charge in [0.1, 0.15) is 36.8 Å². The van der Waals surface area contributed by atoms with Crippen LogP contribution in [0.1, 0.15) is 133 Å². The lowest BCUT2D eigenvalue weighted by atomic mass is 9.78. The second kappa shape index (κ2) is 21.9. The van der Waals surface area contributed by atoms with Crippen molar-refractivity contribution < 1.29 is 68.8 Å². The van der Waals surface area contributed by atoms with E-state index in [1.807, 2.05) is 13.8 Å². The number of carbonyl (C=O) groups is 7. The number of ether oxygens (including phenoxy) is 2. The van der Waals surface area contributed by atoms with E-state index < -0.39 is 119 Å². The van der Waals surface area contributed by atoms with E-state index in [4.69, 9.17) is 9.47 Å². The maximum Gasteiger partial charge on any atom is 0.332 e. The highest BCUT2D eigenvalue weighted by molar-refractivity contribution is 5.97. The van der Waals surface area contributed by atoms with Gasteiger partial charge in [-0.1, -0.05) is 55.4 Å². The van der Waals surface area contributed by atoms with Gasteiger partial charge in [0, 0.05) is 32.6 Å². The van der Waals surface area contributed by atoms with Crippen molar-refractivity contribution in [2.45, 2.75) is 193 Å². The molecule has 0 aliphatic carbocycles. The van der Waals surface area contributed by atoms with Crippen LogP contribution in [0.5, 0.6) is 0 Å². The summed E-state index contributed by atoms with van der Waals surface area (Å²) in [5, 5.41) is 65.3. The number of cyclic esters (lactones) is 1. The summed E-state index contributed by atoms with van der Waals surface area (Å²) < 4.78 is 12.2. The van der Waals surface area contributed by atoms with Crippen LogP contribution in [0.2, 0.25) is 0 Å². The van der Waals surface area contributed by atoms with Crippen LogP contribution in [-0.4, -0.2) is 189 Å². The second-order valence-corrected chi connectivity index (χ2v) is 20.9. The molecule has 5 fully saturated rings. The molecule has 0 radical (unpaired) electrons. The third-order valence-electron chi connectivity index (χ3n) is 14.4. The van der Waals surface area contributed by atoms with E-state index >= 15 is 4.79 Å². The molecule has 11 unspecified atom stereocenters. The van der Waals surface area contributed by atoms with Gasteiger partial charge in [0.2, 0.25) is 11.7 Å². The van der Waals surface area contributed by atoms with Gasteiger partial charge < -0.3 is 35.0 Å². The van der Waals surface area contributed by atoms with E-state index in [1.54, 1.807) is 18.9 Å². The molecule has 386 valence electrons. The van der Waals surface area contributed by atoms with Gasteiger partial charge in [-0.05, 0) is 95.3 Å². The Balaban J connectivity index is 1.63. The normalized spacial score (nSPS) is 34.4. The molecule has 5 aliphatic rings. The van der Waals surface area contributed by atoms with Gasteiger partial charge in [-0.15, -0.1) is 0 Å². The number of hydroxylamine groups is 4. The number of carbonyl (C=O) groups excluding carboxylic acids is 7. The molecular formula is C46H78N8O14. The summed E-state index contributed by atoms with van der Waals surface area (Å²) in [5.74, 6) is -11.5. The third kappa shape index (κ3) is 11.1. The van der Waals surface area contributed by atoms with Crippen LogP contribution in [0, 0.1) is 23.7 Å². The van der Waals surface area contributed by atoms with Crippen molar-refractivity contribution in [2.24, 2.45) is 23.7 Å². The van der Waals surface area contributed by atoms with Gasteiger partial charge in [-0.3, -0.25) is 49.2 Å². The summed E-state index contributed by atoms with van der Waals surface area (Å²) in [6.07, 6.45) is 0.488. The predicted molar refractivity (Wildman–Crippen MR) is 241 cm³/mol. The minimum atomic E-state index is -2.74. The molecule has 0 aromatic heterocycles. The zero-order chi connectivity index (χ0) is 50.8. The number of aliphatic hydroxyl groups is 3. The molecule has 22 heteroatoms. The number of amides is 6. The van der Waals surface area contributed by atoms with E-state index in [2.05, 4.69) is 24.6 Å². The van der Waals surface area contributed by atoms with Crippen LogP contribution in [0.25, 0.3) is 0 Å². The highest BCUT2D eigenvalue weighted by Gasteiger charge is 2.59. The first kappa shape index (κ1) is 54.9. The molecule has 0 aromatic rings.